The van der Waals surface area contributed by atoms with Gasteiger partial charge in [0.05, 0.1) is 17.3 Å². The predicted molar refractivity (Wildman–Crippen MR) is 83.5 cm³/mol. The molecule has 4 nitrogen and oxygen atoms in total. The summed E-state index contributed by atoms with van der Waals surface area (Å²) in [7, 11) is 1.62. The molecule has 100 valence electrons. The zero-order valence-corrected chi connectivity index (χ0v) is 14.1. The molecule has 0 amide bonds. The monoisotopic (exact) mass is 405 g/mol. The van der Waals surface area contributed by atoms with Crippen LogP contribution in [0.3, 0.4) is 0 Å². The molecule has 0 spiro atoms. The van der Waals surface area contributed by atoms with Crippen molar-refractivity contribution in [3.63, 3.8) is 0 Å². The van der Waals surface area contributed by atoms with Crippen LogP contribution in [0.4, 0.5) is 11.5 Å². The Morgan fingerprint density at radius 1 is 1.26 bits per heavy atom. The Morgan fingerprint density at radius 3 is 2.68 bits per heavy atom. The van der Waals surface area contributed by atoms with Crippen molar-refractivity contribution in [3.05, 3.63) is 38.1 Å². The molecule has 1 aromatic carbocycles. The third-order valence-corrected chi connectivity index (χ3v) is 3.89. The number of rotatable bonds is 3. The molecule has 2 rings (SSSR count). The van der Waals surface area contributed by atoms with Gasteiger partial charge in [-0.1, -0.05) is 0 Å². The van der Waals surface area contributed by atoms with E-state index in [1.54, 1.807) is 13.3 Å². The smallest absolute Gasteiger partial charge is 0.224 e. The number of anilines is 2. The highest BCUT2D eigenvalue weighted by Gasteiger charge is 2.10. The topological polar surface area (TPSA) is 47.0 Å². The van der Waals surface area contributed by atoms with E-state index in [1.165, 1.54) is 0 Å². The fraction of sp³-hybridized carbons (Fsp3) is 0.167. The van der Waals surface area contributed by atoms with E-state index >= 15 is 0 Å². The summed E-state index contributed by atoms with van der Waals surface area (Å²) in [5.41, 5.74) is 1.73. The maximum Gasteiger partial charge on any atom is 0.224 e. The van der Waals surface area contributed by atoms with Crippen LogP contribution < -0.4 is 10.1 Å². The van der Waals surface area contributed by atoms with E-state index in [-0.39, 0.29) is 5.28 Å². The first-order valence-corrected chi connectivity index (χ1v) is 7.27. The number of methoxy groups -OCH3 is 1. The largest absolute Gasteiger partial charge is 0.495 e. The first kappa shape index (κ1) is 14.6. The van der Waals surface area contributed by atoms with E-state index in [9.17, 15) is 0 Å². The van der Waals surface area contributed by atoms with Crippen molar-refractivity contribution in [2.24, 2.45) is 0 Å². The van der Waals surface area contributed by atoms with Crippen LogP contribution in [0, 0.1) is 6.92 Å². The number of ether oxygens (including phenoxy) is 1. The average molecular weight is 407 g/mol. The molecule has 0 aliphatic rings. The van der Waals surface area contributed by atoms with Gasteiger partial charge < -0.3 is 10.1 Å². The van der Waals surface area contributed by atoms with Gasteiger partial charge in [0.1, 0.15) is 11.6 Å². The summed E-state index contributed by atoms with van der Waals surface area (Å²) in [6.45, 7) is 1.91. The van der Waals surface area contributed by atoms with Gasteiger partial charge in [-0.2, -0.15) is 0 Å². The number of hydrogen-bond donors (Lipinski definition) is 1. The molecular formula is C12H10Br2ClN3O. The van der Waals surface area contributed by atoms with E-state index in [0.717, 1.165) is 25.9 Å². The fourth-order valence-electron chi connectivity index (χ4n) is 1.46. The zero-order chi connectivity index (χ0) is 14.0. The molecule has 0 fully saturated rings. The minimum Gasteiger partial charge on any atom is -0.495 e. The van der Waals surface area contributed by atoms with Gasteiger partial charge in [-0.05, 0) is 56.5 Å². The third-order valence-electron chi connectivity index (χ3n) is 2.44. The standard InChI is InChI=1S/C12H10Br2ClN3O/c1-6-5-16-12(15)18-11(6)17-9-4-10(19-2)8(14)3-7(9)13/h3-5H,1-2H3,(H,16,17,18). The van der Waals surface area contributed by atoms with Crippen molar-refractivity contribution in [3.8, 4) is 5.75 Å². The van der Waals surface area contributed by atoms with Gasteiger partial charge in [-0.3, -0.25) is 0 Å². The van der Waals surface area contributed by atoms with Crippen LogP contribution in [0.2, 0.25) is 5.28 Å². The number of hydrogen-bond acceptors (Lipinski definition) is 4. The molecule has 0 atom stereocenters. The summed E-state index contributed by atoms with van der Waals surface area (Å²) in [5.74, 6) is 1.38. The molecule has 1 N–H and O–H groups in total. The number of nitrogens with one attached hydrogen (secondary N) is 1. The van der Waals surface area contributed by atoms with Crippen LogP contribution in [-0.4, -0.2) is 17.1 Å². The Morgan fingerprint density at radius 2 is 2.00 bits per heavy atom. The molecule has 0 bridgehead atoms. The lowest BCUT2D eigenvalue weighted by Crippen LogP contribution is -1.99. The van der Waals surface area contributed by atoms with Gasteiger partial charge in [0.15, 0.2) is 0 Å². The number of aryl methyl sites for hydroxylation is 1. The van der Waals surface area contributed by atoms with Crippen LogP contribution in [0.15, 0.2) is 27.3 Å². The molecule has 1 heterocycles. The molecule has 0 saturated carbocycles. The van der Waals surface area contributed by atoms with Gasteiger partial charge in [0.2, 0.25) is 5.28 Å². The van der Waals surface area contributed by atoms with E-state index in [4.69, 9.17) is 16.3 Å². The summed E-state index contributed by atoms with van der Waals surface area (Å²) >= 11 is 12.7. The highest BCUT2D eigenvalue weighted by molar-refractivity contribution is 9.11. The third kappa shape index (κ3) is 3.38. The Labute approximate surface area is 132 Å². The highest BCUT2D eigenvalue weighted by Crippen LogP contribution is 2.36. The van der Waals surface area contributed by atoms with E-state index < -0.39 is 0 Å². The van der Waals surface area contributed by atoms with Crippen molar-refractivity contribution in [2.45, 2.75) is 6.92 Å². The highest BCUT2D eigenvalue weighted by atomic mass is 79.9. The summed E-state index contributed by atoms with van der Waals surface area (Å²) in [6, 6.07) is 3.77. The van der Waals surface area contributed by atoms with Crippen molar-refractivity contribution in [1.82, 2.24) is 9.97 Å². The van der Waals surface area contributed by atoms with E-state index in [2.05, 4.69) is 47.1 Å². The van der Waals surface area contributed by atoms with Gasteiger partial charge in [-0.25, -0.2) is 9.97 Å². The lowest BCUT2D eigenvalue weighted by Gasteiger charge is -2.12. The molecule has 1 aromatic heterocycles. The SMILES string of the molecule is COc1cc(Nc2nc(Cl)ncc2C)c(Br)cc1Br. The van der Waals surface area contributed by atoms with Crippen molar-refractivity contribution in [2.75, 3.05) is 12.4 Å². The average Bonchev–Trinajstić information content (AvgIpc) is 2.37. The first-order chi connectivity index (χ1) is 9.01. The van der Waals surface area contributed by atoms with Crippen molar-refractivity contribution in [1.29, 1.82) is 0 Å². The lowest BCUT2D eigenvalue weighted by atomic mass is 10.3. The maximum absolute atomic E-state index is 5.80. The normalized spacial score (nSPS) is 10.4. The van der Waals surface area contributed by atoms with Crippen LogP contribution >= 0.6 is 43.5 Å². The molecule has 0 aliphatic heterocycles. The van der Waals surface area contributed by atoms with Crippen molar-refractivity contribution < 1.29 is 4.74 Å². The Hall–Kier alpha value is -0.850. The van der Waals surface area contributed by atoms with Crippen LogP contribution in [0.1, 0.15) is 5.56 Å². The fourth-order valence-corrected chi connectivity index (χ4v) is 2.84. The van der Waals surface area contributed by atoms with Gasteiger partial charge in [-0.15, -0.1) is 0 Å². The predicted octanol–water partition coefficient (Wildman–Crippen LogP) is 4.72. The first-order valence-electron chi connectivity index (χ1n) is 5.30. The number of nitrogens with zero attached hydrogens (tertiary/aromatic N) is 2. The van der Waals surface area contributed by atoms with Crippen LogP contribution in [0.25, 0.3) is 0 Å². The Kier molecular flexibility index (Phi) is 4.65. The van der Waals surface area contributed by atoms with Crippen LogP contribution in [0.5, 0.6) is 5.75 Å². The van der Waals surface area contributed by atoms with Crippen molar-refractivity contribution >= 4 is 55.0 Å². The summed E-state index contributed by atoms with van der Waals surface area (Å²) in [4.78, 5) is 8.08. The Balaban J connectivity index is 2.40. The summed E-state index contributed by atoms with van der Waals surface area (Å²) in [6.07, 6.45) is 1.67. The quantitative estimate of drug-likeness (QED) is 0.749. The van der Waals surface area contributed by atoms with Gasteiger partial charge in [0, 0.05) is 22.3 Å². The molecule has 0 radical (unpaired) electrons. The number of benzene rings is 1. The van der Waals surface area contributed by atoms with E-state index in [1.807, 2.05) is 19.1 Å². The molecule has 19 heavy (non-hydrogen) atoms. The Bertz CT molecular complexity index is 622. The molecule has 7 heteroatoms. The number of halogens is 3. The second kappa shape index (κ2) is 6.07. The molecule has 2 aromatic rings. The minimum atomic E-state index is 0.202. The number of aromatic nitrogens is 2. The van der Waals surface area contributed by atoms with Gasteiger partial charge >= 0.3 is 0 Å². The summed E-state index contributed by atoms with van der Waals surface area (Å²) < 4.78 is 7.02. The minimum absolute atomic E-state index is 0.202. The van der Waals surface area contributed by atoms with Gasteiger partial charge in [0.25, 0.3) is 0 Å². The maximum atomic E-state index is 5.80. The van der Waals surface area contributed by atoms with E-state index in [0.29, 0.717) is 5.82 Å². The van der Waals surface area contributed by atoms with Crippen LogP contribution in [-0.2, 0) is 0 Å². The molecular weight excluding hydrogens is 397 g/mol. The lowest BCUT2D eigenvalue weighted by molar-refractivity contribution is 0.412. The second-order valence-corrected chi connectivity index (χ2v) is 5.81. The molecule has 0 aliphatic carbocycles. The summed E-state index contributed by atoms with van der Waals surface area (Å²) in [5, 5.41) is 3.40. The zero-order valence-electron chi connectivity index (χ0n) is 10.2. The second-order valence-electron chi connectivity index (χ2n) is 3.76. The molecule has 0 unspecified atom stereocenters. The molecule has 0 saturated heterocycles.